The fourth-order valence-corrected chi connectivity index (χ4v) is 6.38. The normalized spacial score (nSPS) is 20.1. The van der Waals surface area contributed by atoms with Crippen LogP contribution in [0.2, 0.25) is 0 Å². The first-order valence-electron chi connectivity index (χ1n) is 15.8. The molecule has 46 heavy (non-hydrogen) atoms. The van der Waals surface area contributed by atoms with Crippen LogP contribution in [-0.2, 0) is 41.6 Å². The number of likely N-dealkylation sites (tertiary alicyclic amines) is 1. The fraction of sp³-hybridized carbons (Fsp3) is 0.400. The van der Waals surface area contributed by atoms with Crippen LogP contribution in [-0.4, -0.2) is 78.4 Å². The number of nitrogens with one attached hydrogen (secondary N) is 2. The van der Waals surface area contributed by atoms with Crippen LogP contribution < -0.4 is 21.3 Å². The highest BCUT2D eigenvalue weighted by molar-refractivity contribution is 6.01. The van der Waals surface area contributed by atoms with Crippen LogP contribution in [0.15, 0.2) is 66.7 Å². The van der Waals surface area contributed by atoms with E-state index in [1.54, 1.807) is 11.8 Å². The van der Waals surface area contributed by atoms with Crippen LogP contribution in [0.3, 0.4) is 0 Å². The molecule has 11 heteroatoms. The van der Waals surface area contributed by atoms with Crippen molar-refractivity contribution in [3.8, 4) is 0 Å². The van der Waals surface area contributed by atoms with Crippen molar-refractivity contribution in [3.63, 3.8) is 0 Å². The van der Waals surface area contributed by atoms with Crippen LogP contribution in [0, 0.1) is 0 Å². The number of esters is 1. The van der Waals surface area contributed by atoms with Crippen molar-refractivity contribution < 1.29 is 28.7 Å². The molecule has 2 unspecified atom stereocenters. The number of anilines is 1. The third kappa shape index (κ3) is 7.54. The van der Waals surface area contributed by atoms with E-state index in [2.05, 4.69) is 10.6 Å². The van der Waals surface area contributed by atoms with Gasteiger partial charge in [-0.3, -0.25) is 19.2 Å². The summed E-state index contributed by atoms with van der Waals surface area (Å²) in [7, 11) is 0. The van der Waals surface area contributed by atoms with Gasteiger partial charge in [0.05, 0.1) is 6.61 Å². The lowest BCUT2D eigenvalue weighted by Crippen LogP contribution is -2.53. The molecule has 3 aromatic carbocycles. The van der Waals surface area contributed by atoms with Gasteiger partial charge in [-0.2, -0.15) is 0 Å². The SMILES string of the molecule is CCOC(=O)[C@@H]1CC(N)CN1C(=O)[C@@H](Cc1ccc2ccccc2c1)NC(=O)CCN1C(=O)C(NC(C)=O)CCc2ccccc21. The molecule has 0 bridgehead atoms. The maximum Gasteiger partial charge on any atom is 0.328 e. The molecule has 242 valence electrons. The Kier molecular flexibility index (Phi) is 10.3. The van der Waals surface area contributed by atoms with Crippen molar-refractivity contribution in [1.82, 2.24) is 15.5 Å². The lowest BCUT2D eigenvalue weighted by molar-refractivity contribution is -0.153. The molecule has 0 spiro atoms. The Bertz CT molecular complexity index is 1630. The number of hydrogen-bond donors (Lipinski definition) is 3. The molecule has 5 rings (SSSR count). The minimum Gasteiger partial charge on any atom is -0.464 e. The molecule has 2 aliphatic rings. The number of fused-ring (bicyclic) bond motifs is 2. The Morgan fingerprint density at radius 3 is 2.52 bits per heavy atom. The number of aryl methyl sites for hydroxylation is 1. The van der Waals surface area contributed by atoms with Gasteiger partial charge in [-0.25, -0.2) is 4.79 Å². The number of ether oxygens (including phenoxy) is 1. The summed E-state index contributed by atoms with van der Waals surface area (Å²) in [6.45, 7) is 3.46. The monoisotopic (exact) mass is 627 g/mol. The van der Waals surface area contributed by atoms with Gasteiger partial charge >= 0.3 is 5.97 Å². The van der Waals surface area contributed by atoms with E-state index >= 15 is 0 Å². The van der Waals surface area contributed by atoms with E-state index in [1.165, 1.54) is 11.8 Å². The number of amides is 4. The highest BCUT2D eigenvalue weighted by atomic mass is 16.5. The number of hydrogen-bond acceptors (Lipinski definition) is 7. The van der Waals surface area contributed by atoms with Gasteiger partial charge in [0.15, 0.2) is 0 Å². The summed E-state index contributed by atoms with van der Waals surface area (Å²) >= 11 is 0. The quantitative estimate of drug-likeness (QED) is 0.292. The van der Waals surface area contributed by atoms with Gasteiger partial charge in [-0.1, -0.05) is 60.7 Å². The average molecular weight is 628 g/mol. The second kappa shape index (κ2) is 14.6. The number of rotatable bonds is 10. The summed E-state index contributed by atoms with van der Waals surface area (Å²) in [5.74, 6) is -1.97. The molecule has 4 atom stereocenters. The molecule has 0 aliphatic carbocycles. The molecule has 0 aromatic heterocycles. The van der Waals surface area contributed by atoms with Crippen molar-refractivity contribution in [3.05, 3.63) is 77.9 Å². The second-order valence-electron chi connectivity index (χ2n) is 11.9. The first kappa shape index (κ1) is 32.6. The number of benzene rings is 3. The molecule has 0 saturated carbocycles. The Labute approximate surface area is 268 Å². The minimum atomic E-state index is -0.991. The van der Waals surface area contributed by atoms with Gasteiger partial charge in [0.25, 0.3) is 0 Å². The fourth-order valence-electron chi connectivity index (χ4n) is 6.38. The summed E-state index contributed by atoms with van der Waals surface area (Å²) in [6.07, 6.45) is 1.41. The predicted molar refractivity (Wildman–Crippen MR) is 174 cm³/mol. The van der Waals surface area contributed by atoms with Crippen LogP contribution in [0.1, 0.15) is 44.2 Å². The Morgan fingerprint density at radius 1 is 1.02 bits per heavy atom. The Morgan fingerprint density at radius 2 is 1.76 bits per heavy atom. The largest absolute Gasteiger partial charge is 0.464 e. The molecule has 3 aromatic rings. The van der Waals surface area contributed by atoms with E-state index in [4.69, 9.17) is 10.5 Å². The lowest BCUT2D eigenvalue weighted by atomic mass is 10.0. The number of nitrogens with two attached hydrogens (primary N) is 1. The van der Waals surface area contributed by atoms with E-state index in [-0.39, 0.29) is 50.8 Å². The van der Waals surface area contributed by atoms with Crippen molar-refractivity contribution in [1.29, 1.82) is 0 Å². The molecule has 2 heterocycles. The highest BCUT2D eigenvalue weighted by Gasteiger charge is 2.42. The van der Waals surface area contributed by atoms with Gasteiger partial charge < -0.3 is 30.9 Å². The topological polar surface area (TPSA) is 151 Å². The molecule has 2 aliphatic heterocycles. The third-order valence-corrected chi connectivity index (χ3v) is 8.55. The molecule has 0 radical (unpaired) electrons. The van der Waals surface area contributed by atoms with E-state index < -0.39 is 42.0 Å². The molecule has 1 fully saturated rings. The average Bonchev–Trinajstić information content (AvgIpc) is 3.38. The summed E-state index contributed by atoms with van der Waals surface area (Å²) in [4.78, 5) is 68.7. The Hall–Kier alpha value is -4.77. The standard InChI is InChI=1S/C35H41N5O6/c1-3-46-35(45)31-20-27(36)21-40(31)34(44)29(19-23-12-13-24-8-4-5-10-26(24)18-23)38-32(42)16-17-39-30-11-7-6-9-25(30)14-15-28(33(39)43)37-22(2)41/h4-13,18,27-29,31H,3,14-17,19-21,36H2,1-2H3,(H,37,41)(H,38,42)/t27?,28?,29-,31+/m1/s1. The second-order valence-corrected chi connectivity index (χ2v) is 11.9. The maximum atomic E-state index is 14.1. The van der Waals surface area contributed by atoms with Gasteiger partial charge in [0, 0.05) is 44.6 Å². The summed E-state index contributed by atoms with van der Waals surface area (Å²) in [5, 5.41) is 7.69. The molecular weight excluding hydrogens is 586 g/mol. The summed E-state index contributed by atoms with van der Waals surface area (Å²) < 4.78 is 5.23. The molecular formula is C35H41N5O6. The van der Waals surface area contributed by atoms with Crippen LogP contribution in [0.25, 0.3) is 10.8 Å². The zero-order valence-corrected chi connectivity index (χ0v) is 26.2. The number of carbonyl (C=O) groups excluding carboxylic acids is 5. The zero-order valence-electron chi connectivity index (χ0n) is 26.2. The van der Waals surface area contributed by atoms with Crippen molar-refractivity contribution in [2.45, 2.75) is 70.1 Å². The summed E-state index contributed by atoms with van der Waals surface area (Å²) in [5.41, 5.74) is 8.67. The Balaban J connectivity index is 1.37. The van der Waals surface area contributed by atoms with Gasteiger partial charge in [0.1, 0.15) is 18.1 Å². The minimum absolute atomic E-state index is 0.0503. The first-order valence-corrected chi connectivity index (χ1v) is 15.8. The van der Waals surface area contributed by atoms with E-state index in [1.807, 2.05) is 66.7 Å². The van der Waals surface area contributed by atoms with Crippen LogP contribution in [0.5, 0.6) is 0 Å². The van der Waals surface area contributed by atoms with Crippen LogP contribution in [0.4, 0.5) is 5.69 Å². The lowest BCUT2D eigenvalue weighted by Gasteiger charge is -2.29. The zero-order chi connectivity index (χ0) is 32.8. The molecule has 11 nitrogen and oxygen atoms in total. The van der Waals surface area contributed by atoms with Crippen LogP contribution >= 0.6 is 0 Å². The van der Waals surface area contributed by atoms with Gasteiger partial charge in [-0.05, 0) is 54.2 Å². The maximum absolute atomic E-state index is 14.1. The van der Waals surface area contributed by atoms with Crippen molar-refractivity contribution in [2.75, 3.05) is 24.6 Å². The molecule has 4 amide bonds. The van der Waals surface area contributed by atoms with Crippen molar-refractivity contribution in [2.24, 2.45) is 5.73 Å². The van der Waals surface area contributed by atoms with Gasteiger partial charge in [0.2, 0.25) is 23.6 Å². The van der Waals surface area contributed by atoms with Gasteiger partial charge in [-0.15, -0.1) is 0 Å². The van der Waals surface area contributed by atoms with E-state index in [0.717, 1.165) is 21.9 Å². The number of para-hydroxylation sites is 1. The number of nitrogens with zero attached hydrogens (tertiary/aromatic N) is 2. The first-order chi connectivity index (χ1) is 22.1. The smallest absolute Gasteiger partial charge is 0.328 e. The van der Waals surface area contributed by atoms with Crippen molar-refractivity contribution >= 4 is 46.1 Å². The predicted octanol–water partition coefficient (Wildman–Crippen LogP) is 2.23. The third-order valence-electron chi connectivity index (χ3n) is 8.55. The summed E-state index contributed by atoms with van der Waals surface area (Å²) in [6, 6.07) is 18.3. The molecule has 1 saturated heterocycles. The van der Waals surface area contributed by atoms with E-state index in [9.17, 15) is 24.0 Å². The number of carbonyl (C=O) groups is 5. The van der Waals surface area contributed by atoms with E-state index in [0.29, 0.717) is 18.5 Å². The highest BCUT2D eigenvalue weighted by Crippen LogP contribution is 2.27. The molecule has 4 N–H and O–H groups in total.